The van der Waals surface area contributed by atoms with Crippen molar-refractivity contribution in [2.45, 2.75) is 36.7 Å². The molecule has 0 aliphatic heterocycles. The quantitative estimate of drug-likeness (QED) is 0.807. The van der Waals surface area contributed by atoms with Gasteiger partial charge in [0, 0.05) is 12.7 Å². The number of furan rings is 1. The van der Waals surface area contributed by atoms with Crippen molar-refractivity contribution < 1.29 is 4.42 Å². The van der Waals surface area contributed by atoms with Crippen molar-refractivity contribution in [3.05, 3.63) is 42.0 Å². The van der Waals surface area contributed by atoms with Gasteiger partial charge in [0.15, 0.2) is 0 Å². The summed E-state index contributed by atoms with van der Waals surface area (Å²) in [5, 5.41) is 4.36. The van der Waals surface area contributed by atoms with Crippen molar-refractivity contribution >= 4 is 11.8 Å². The van der Waals surface area contributed by atoms with Gasteiger partial charge in [-0.1, -0.05) is 24.8 Å². The van der Waals surface area contributed by atoms with Gasteiger partial charge in [-0.25, -0.2) is 4.98 Å². The molecule has 0 saturated carbocycles. The minimum Gasteiger partial charge on any atom is -0.468 e. The maximum absolute atomic E-state index is 5.27. The molecule has 18 heavy (non-hydrogen) atoms. The average Bonchev–Trinajstić information content (AvgIpc) is 2.78. The molecule has 0 aliphatic rings. The first kappa shape index (κ1) is 13.2. The summed E-state index contributed by atoms with van der Waals surface area (Å²) < 4.78 is 5.27. The van der Waals surface area contributed by atoms with Crippen LogP contribution in [0, 0.1) is 6.92 Å². The van der Waals surface area contributed by atoms with Gasteiger partial charge in [-0.15, -0.1) is 0 Å². The van der Waals surface area contributed by atoms with Gasteiger partial charge in [-0.2, -0.15) is 0 Å². The van der Waals surface area contributed by atoms with E-state index in [0.29, 0.717) is 0 Å². The normalized spacial score (nSPS) is 10.8. The van der Waals surface area contributed by atoms with E-state index in [1.165, 1.54) is 5.56 Å². The summed E-state index contributed by atoms with van der Waals surface area (Å²) >= 11 is 1.63. The first-order valence-corrected chi connectivity index (χ1v) is 6.99. The van der Waals surface area contributed by atoms with Gasteiger partial charge >= 0.3 is 0 Å². The molecule has 4 heteroatoms. The average molecular weight is 262 g/mol. The molecule has 0 spiro atoms. The van der Waals surface area contributed by atoms with Gasteiger partial charge in [-0.3, -0.25) is 0 Å². The van der Waals surface area contributed by atoms with Gasteiger partial charge < -0.3 is 9.73 Å². The second kappa shape index (κ2) is 6.61. The number of nitrogens with zero attached hydrogens (tertiary/aromatic N) is 1. The molecule has 2 heterocycles. The number of hydrogen-bond donors (Lipinski definition) is 1. The van der Waals surface area contributed by atoms with Crippen LogP contribution in [0.4, 0.5) is 0 Å². The highest BCUT2D eigenvalue weighted by molar-refractivity contribution is 7.99. The first-order valence-electron chi connectivity index (χ1n) is 6.17. The van der Waals surface area contributed by atoms with Crippen molar-refractivity contribution in [3.63, 3.8) is 0 Å². The Kier molecular flexibility index (Phi) is 4.84. The van der Waals surface area contributed by atoms with E-state index < -0.39 is 0 Å². The molecule has 3 nitrogen and oxygen atoms in total. The third kappa shape index (κ3) is 3.62. The smallest absolute Gasteiger partial charge is 0.114 e. The van der Waals surface area contributed by atoms with Crippen LogP contribution in [0.5, 0.6) is 0 Å². The van der Waals surface area contributed by atoms with Gasteiger partial charge in [0.05, 0.1) is 11.2 Å². The van der Waals surface area contributed by atoms with Crippen LogP contribution in [-0.4, -0.2) is 11.5 Å². The number of aryl methyl sites for hydroxylation is 1. The fraction of sp³-hybridized carbons (Fsp3) is 0.357. The van der Waals surface area contributed by atoms with E-state index in [0.717, 1.165) is 35.2 Å². The second-order valence-electron chi connectivity index (χ2n) is 4.12. The molecule has 2 aromatic rings. The summed E-state index contributed by atoms with van der Waals surface area (Å²) in [7, 11) is 0. The zero-order valence-electron chi connectivity index (χ0n) is 10.8. The fourth-order valence-electron chi connectivity index (χ4n) is 1.58. The molecule has 2 aromatic heterocycles. The molecular formula is C14H18N2OS. The van der Waals surface area contributed by atoms with Crippen LogP contribution >= 0.6 is 11.8 Å². The lowest BCUT2D eigenvalue weighted by molar-refractivity contribution is 0.527. The van der Waals surface area contributed by atoms with Crippen molar-refractivity contribution in [2.24, 2.45) is 0 Å². The number of aromatic nitrogens is 1. The van der Waals surface area contributed by atoms with E-state index in [1.807, 2.05) is 19.2 Å². The Morgan fingerprint density at radius 2 is 2.22 bits per heavy atom. The summed E-state index contributed by atoms with van der Waals surface area (Å²) in [5.74, 6) is 0.940. The lowest BCUT2D eigenvalue weighted by Gasteiger charge is -2.04. The van der Waals surface area contributed by atoms with Crippen LogP contribution in [0.1, 0.15) is 24.7 Å². The van der Waals surface area contributed by atoms with Crippen LogP contribution in [0.15, 0.2) is 45.0 Å². The van der Waals surface area contributed by atoms with E-state index in [2.05, 4.69) is 29.4 Å². The van der Waals surface area contributed by atoms with E-state index >= 15 is 0 Å². The van der Waals surface area contributed by atoms with Crippen molar-refractivity contribution in [2.75, 3.05) is 6.54 Å². The summed E-state index contributed by atoms with van der Waals surface area (Å²) in [6, 6.07) is 6.14. The molecule has 0 aromatic carbocycles. The van der Waals surface area contributed by atoms with E-state index in [1.54, 1.807) is 18.0 Å². The van der Waals surface area contributed by atoms with Crippen LogP contribution in [0.3, 0.4) is 0 Å². The summed E-state index contributed by atoms with van der Waals surface area (Å²) in [5.41, 5.74) is 1.22. The van der Waals surface area contributed by atoms with Gasteiger partial charge in [0.1, 0.15) is 10.8 Å². The van der Waals surface area contributed by atoms with Crippen LogP contribution < -0.4 is 5.32 Å². The Bertz CT molecular complexity index is 479. The highest BCUT2D eigenvalue weighted by atomic mass is 32.2. The van der Waals surface area contributed by atoms with E-state index in [9.17, 15) is 0 Å². The first-order chi connectivity index (χ1) is 8.79. The van der Waals surface area contributed by atoms with Crippen LogP contribution in [0.25, 0.3) is 0 Å². The Labute approximate surface area is 112 Å². The van der Waals surface area contributed by atoms with Crippen molar-refractivity contribution in [3.8, 4) is 0 Å². The predicted octanol–water partition coefficient (Wildman–Crippen LogP) is 3.63. The lowest BCUT2D eigenvalue weighted by atomic mass is 10.3. The topological polar surface area (TPSA) is 38.1 Å². The van der Waals surface area contributed by atoms with Crippen molar-refractivity contribution in [1.82, 2.24) is 10.3 Å². The van der Waals surface area contributed by atoms with E-state index in [-0.39, 0.29) is 0 Å². The summed E-state index contributed by atoms with van der Waals surface area (Å²) in [6.07, 6.45) is 4.79. The fourth-order valence-corrected chi connectivity index (χ4v) is 2.36. The Morgan fingerprint density at radius 3 is 2.83 bits per heavy atom. The minimum absolute atomic E-state index is 0.885. The summed E-state index contributed by atoms with van der Waals surface area (Å²) in [4.78, 5) is 5.58. The number of pyridine rings is 1. The molecule has 0 aliphatic carbocycles. The Morgan fingerprint density at radius 1 is 1.33 bits per heavy atom. The highest BCUT2D eigenvalue weighted by Gasteiger charge is 2.04. The third-order valence-electron chi connectivity index (χ3n) is 2.58. The van der Waals surface area contributed by atoms with Crippen molar-refractivity contribution in [1.29, 1.82) is 0 Å². The number of nitrogens with one attached hydrogen (secondary N) is 1. The Hall–Kier alpha value is -1.26. The summed E-state index contributed by atoms with van der Waals surface area (Å²) in [6.45, 7) is 6.06. The molecule has 0 radical (unpaired) electrons. The molecule has 96 valence electrons. The molecule has 0 unspecified atom stereocenters. The van der Waals surface area contributed by atoms with Gasteiger partial charge in [0.25, 0.3) is 0 Å². The largest absolute Gasteiger partial charge is 0.468 e. The molecule has 0 atom stereocenters. The molecular weight excluding hydrogens is 244 g/mol. The predicted molar refractivity (Wildman–Crippen MR) is 73.8 cm³/mol. The molecule has 2 rings (SSSR count). The lowest BCUT2D eigenvalue weighted by Crippen LogP contribution is -2.13. The highest BCUT2D eigenvalue weighted by Crippen LogP contribution is 2.29. The Balaban J connectivity index is 1.93. The molecule has 0 fully saturated rings. The van der Waals surface area contributed by atoms with Crippen LogP contribution in [-0.2, 0) is 6.54 Å². The van der Waals surface area contributed by atoms with Gasteiger partial charge in [-0.05, 0) is 37.6 Å². The minimum atomic E-state index is 0.885. The maximum Gasteiger partial charge on any atom is 0.114 e. The maximum atomic E-state index is 5.27. The molecule has 0 bridgehead atoms. The zero-order valence-corrected chi connectivity index (χ0v) is 11.6. The zero-order chi connectivity index (χ0) is 12.8. The second-order valence-corrected chi connectivity index (χ2v) is 5.19. The standard InChI is InChI=1S/C14H18N2OS/c1-3-7-15-9-12-4-5-14(16-10-12)18-13-6-8-17-11(13)2/h4-6,8,10,15H,3,7,9H2,1-2H3. The molecule has 0 amide bonds. The molecule has 0 saturated heterocycles. The number of rotatable bonds is 6. The monoisotopic (exact) mass is 262 g/mol. The molecule has 1 N–H and O–H groups in total. The van der Waals surface area contributed by atoms with E-state index in [4.69, 9.17) is 4.42 Å². The third-order valence-corrected chi connectivity index (χ3v) is 3.67. The van der Waals surface area contributed by atoms with Crippen LogP contribution in [0.2, 0.25) is 0 Å². The number of hydrogen-bond acceptors (Lipinski definition) is 4. The van der Waals surface area contributed by atoms with Gasteiger partial charge in [0.2, 0.25) is 0 Å². The SMILES string of the molecule is CCCNCc1ccc(Sc2ccoc2C)nc1.